The van der Waals surface area contributed by atoms with Crippen molar-refractivity contribution in [3.05, 3.63) is 15.3 Å². The molecule has 0 saturated carbocycles. The van der Waals surface area contributed by atoms with Crippen LogP contribution < -0.4 is 10.1 Å². The molecule has 0 aromatic carbocycles. The molecule has 1 unspecified atom stereocenters. The lowest BCUT2D eigenvalue weighted by Gasteiger charge is -2.11. The molecule has 0 aliphatic carbocycles. The number of ketones is 1. The minimum absolute atomic E-state index is 0.0942. The summed E-state index contributed by atoms with van der Waals surface area (Å²) >= 11 is 3.41. The molecular formula is C11H15NO2S2. The van der Waals surface area contributed by atoms with E-state index < -0.39 is 0 Å². The Morgan fingerprint density at radius 1 is 1.62 bits per heavy atom. The summed E-state index contributed by atoms with van der Waals surface area (Å²) in [6.45, 7) is 5.03. The third-order valence-corrected chi connectivity index (χ3v) is 4.74. The maximum atomic E-state index is 11.6. The summed E-state index contributed by atoms with van der Waals surface area (Å²) in [4.78, 5) is 13.8. The maximum Gasteiger partial charge on any atom is 0.164 e. The van der Waals surface area contributed by atoms with Gasteiger partial charge in [0.15, 0.2) is 5.78 Å². The summed E-state index contributed by atoms with van der Waals surface area (Å²) < 4.78 is 5.71. The van der Waals surface area contributed by atoms with Crippen LogP contribution in [-0.2, 0) is 0 Å². The number of fused-ring (bicyclic) bond motifs is 1. The maximum absolute atomic E-state index is 11.6. The largest absolute Gasteiger partial charge is 0.490 e. The van der Waals surface area contributed by atoms with Crippen LogP contribution in [0.2, 0.25) is 0 Å². The SMILES string of the molecule is CSC1NCCOc2c1sc(C)c2C(C)=O. The predicted molar refractivity (Wildman–Crippen MR) is 68.8 cm³/mol. The number of aryl methyl sites for hydroxylation is 1. The number of hydrogen-bond donors (Lipinski definition) is 1. The molecule has 1 aliphatic rings. The monoisotopic (exact) mass is 257 g/mol. The number of nitrogens with one attached hydrogen (secondary N) is 1. The second-order valence-electron chi connectivity index (χ2n) is 3.70. The fourth-order valence-corrected chi connectivity index (χ4v) is 4.05. The Kier molecular flexibility index (Phi) is 3.56. The molecule has 3 nitrogen and oxygen atoms in total. The van der Waals surface area contributed by atoms with Crippen LogP contribution in [0.15, 0.2) is 0 Å². The summed E-state index contributed by atoms with van der Waals surface area (Å²) in [7, 11) is 0. The van der Waals surface area contributed by atoms with Gasteiger partial charge >= 0.3 is 0 Å². The number of thioether (sulfide) groups is 1. The standard InChI is InChI=1S/C11H15NO2S2/c1-6(13)8-7(2)16-10-9(8)14-5-4-12-11(10)15-3/h11-12H,4-5H2,1-3H3. The van der Waals surface area contributed by atoms with Gasteiger partial charge in [0.1, 0.15) is 12.4 Å². The van der Waals surface area contributed by atoms with Crippen LogP contribution in [0.3, 0.4) is 0 Å². The van der Waals surface area contributed by atoms with Crippen molar-refractivity contribution in [3.63, 3.8) is 0 Å². The number of rotatable bonds is 2. The molecule has 1 aliphatic heterocycles. The normalized spacial score (nSPS) is 19.8. The highest BCUT2D eigenvalue weighted by molar-refractivity contribution is 7.98. The summed E-state index contributed by atoms with van der Waals surface area (Å²) in [5, 5.41) is 3.65. The fourth-order valence-electron chi connectivity index (χ4n) is 1.90. The molecule has 1 aromatic rings. The van der Waals surface area contributed by atoms with Crippen LogP contribution in [0, 0.1) is 6.92 Å². The van der Waals surface area contributed by atoms with Crippen molar-refractivity contribution < 1.29 is 9.53 Å². The molecule has 16 heavy (non-hydrogen) atoms. The Morgan fingerprint density at radius 2 is 2.38 bits per heavy atom. The molecule has 0 radical (unpaired) electrons. The second-order valence-corrected chi connectivity index (χ2v) is 5.90. The Labute approximate surface area is 104 Å². The van der Waals surface area contributed by atoms with Crippen molar-refractivity contribution in [2.75, 3.05) is 19.4 Å². The van der Waals surface area contributed by atoms with E-state index in [0.29, 0.717) is 6.61 Å². The highest BCUT2D eigenvalue weighted by Crippen LogP contribution is 2.43. The van der Waals surface area contributed by atoms with Gasteiger partial charge in [-0.1, -0.05) is 0 Å². The van der Waals surface area contributed by atoms with E-state index in [2.05, 4.69) is 11.6 Å². The molecule has 1 aromatic heterocycles. The zero-order valence-corrected chi connectivity index (χ0v) is 11.3. The quantitative estimate of drug-likeness (QED) is 0.827. The molecule has 88 valence electrons. The summed E-state index contributed by atoms with van der Waals surface area (Å²) in [6, 6.07) is 0. The lowest BCUT2D eigenvalue weighted by Crippen LogP contribution is -2.20. The van der Waals surface area contributed by atoms with Crippen LogP contribution in [-0.4, -0.2) is 25.2 Å². The zero-order valence-electron chi connectivity index (χ0n) is 9.62. The molecular weight excluding hydrogens is 242 g/mol. The average Bonchev–Trinajstić information content (AvgIpc) is 2.43. The number of carbonyl (C=O) groups is 1. The molecule has 0 amide bonds. The van der Waals surface area contributed by atoms with Crippen molar-refractivity contribution in [2.24, 2.45) is 0 Å². The van der Waals surface area contributed by atoms with Crippen LogP contribution >= 0.6 is 23.1 Å². The zero-order chi connectivity index (χ0) is 11.7. The van der Waals surface area contributed by atoms with E-state index in [1.807, 2.05) is 6.92 Å². The van der Waals surface area contributed by atoms with E-state index in [9.17, 15) is 4.79 Å². The molecule has 0 fully saturated rings. The lowest BCUT2D eigenvalue weighted by molar-refractivity contribution is 0.101. The number of ether oxygens (including phenoxy) is 1. The number of hydrogen-bond acceptors (Lipinski definition) is 5. The van der Waals surface area contributed by atoms with Crippen LogP contribution in [0.1, 0.15) is 32.4 Å². The lowest BCUT2D eigenvalue weighted by atomic mass is 10.1. The van der Waals surface area contributed by atoms with E-state index >= 15 is 0 Å². The van der Waals surface area contributed by atoms with Crippen molar-refractivity contribution in [1.29, 1.82) is 0 Å². The van der Waals surface area contributed by atoms with Gasteiger partial charge in [-0.15, -0.1) is 23.1 Å². The van der Waals surface area contributed by atoms with Gasteiger partial charge in [0, 0.05) is 11.4 Å². The average molecular weight is 257 g/mol. The van der Waals surface area contributed by atoms with Crippen molar-refractivity contribution in [3.8, 4) is 5.75 Å². The first-order chi connectivity index (χ1) is 7.65. The van der Waals surface area contributed by atoms with Gasteiger partial charge in [0.05, 0.1) is 15.8 Å². The van der Waals surface area contributed by atoms with Gasteiger partial charge < -0.3 is 4.74 Å². The third-order valence-electron chi connectivity index (χ3n) is 2.57. The molecule has 1 N–H and O–H groups in total. The van der Waals surface area contributed by atoms with Crippen molar-refractivity contribution in [2.45, 2.75) is 19.2 Å². The van der Waals surface area contributed by atoms with E-state index in [-0.39, 0.29) is 11.2 Å². The van der Waals surface area contributed by atoms with Gasteiger partial charge in [-0.3, -0.25) is 10.1 Å². The minimum Gasteiger partial charge on any atom is -0.490 e. The Bertz CT molecular complexity index is 414. The van der Waals surface area contributed by atoms with Gasteiger partial charge in [0.25, 0.3) is 0 Å². The topological polar surface area (TPSA) is 38.3 Å². The molecule has 0 saturated heterocycles. The van der Waals surface area contributed by atoms with Crippen molar-refractivity contribution in [1.82, 2.24) is 5.32 Å². The Hall–Kier alpha value is -0.520. The van der Waals surface area contributed by atoms with Crippen LogP contribution in [0.25, 0.3) is 0 Å². The number of carbonyl (C=O) groups excluding carboxylic acids is 1. The van der Waals surface area contributed by atoms with E-state index in [1.165, 1.54) is 0 Å². The molecule has 0 bridgehead atoms. The van der Waals surface area contributed by atoms with Gasteiger partial charge in [-0.05, 0) is 20.1 Å². The number of thiophene rings is 1. The first kappa shape index (κ1) is 12.0. The number of Topliss-reactive ketones (excluding diaryl/α,β-unsaturated/α-hetero) is 1. The van der Waals surface area contributed by atoms with Gasteiger partial charge in [-0.2, -0.15) is 0 Å². The minimum atomic E-state index is 0.0942. The second kappa shape index (κ2) is 4.77. The molecule has 5 heteroatoms. The summed E-state index contributed by atoms with van der Waals surface area (Å²) in [5.74, 6) is 0.899. The summed E-state index contributed by atoms with van der Waals surface area (Å²) in [5.41, 5.74) is 0.766. The summed E-state index contributed by atoms with van der Waals surface area (Å²) in [6.07, 6.45) is 2.06. The Balaban J connectivity index is 2.52. The smallest absolute Gasteiger partial charge is 0.164 e. The first-order valence-corrected chi connectivity index (χ1v) is 7.28. The molecule has 2 rings (SSSR count). The van der Waals surface area contributed by atoms with E-state index in [4.69, 9.17) is 4.74 Å². The molecule has 1 atom stereocenters. The van der Waals surface area contributed by atoms with Crippen LogP contribution in [0.5, 0.6) is 5.75 Å². The third kappa shape index (κ3) is 1.99. The predicted octanol–water partition coefficient (Wildman–Crippen LogP) is 2.60. The highest BCUT2D eigenvalue weighted by Gasteiger charge is 2.27. The van der Waals surface area contributed by atoms with E-state index in [1.54, 1.807) is 30.0 Å². The highest BCUT2D eigenvalue weighted by atomic mass is 32.2. The fraction of sp³-hybridized carbons (Fsp3) is 0.545. The van der Waals surface area contributed by atoms with Crippen LogP contribution in [0.4, 0.5) is 0 Å². The van der Waals surface area contributed by atoms with E-state index in [0.717, 1.165) is 27.6 Å². The van der Waals surface area contributed by atoms with Gasteiger partial charge in [0.2, 0.25) is 0 Å². The Morgan fingerprint density at radius 3 is 3.00 bits per heavy atom. The van der Waals surface area contributed by atoms with Crippen molar-refractivity contribution >= 4 is 28.9 Å². The van der Waals surface area contributed by atoms with Gasteiger partial charge in [-0.25, -0.2) is 0 Å². The molecule has 2 heterocycles. The molecule has 0 spiro atoms. The first-order valence-electron chi connectivity index (χ1n) is 5.18.